The molecule has 1 fully saturated rings. The smallest absolute Gasteiger partial charge is 0.406 e. The number of nitrogens with zero attached hydrogens (tertiary/aromatic N) is 2. The van der Waals surface area contributed by atoms with Gasteiger partial charge in [-0.2, -0.15) is 0 Å². The van der Waals surface area contributed by atoms with Gasteiger partial charge >= 0.3 is 6.36 Å². The summed E-state index contributed by atoms with van der Waals surface area (Å²) in [7, 11) is 0. The van der Waals surface area contributed by atoms with E-state index in [0.717, 1.165) is 13.1 Å². The van der Waals surface area contributed by atoms with Crippen molar-refractivity contribution in [3.63, 3.8) is 0 Å². The number of aliphatic imine (C=N–C) groups is 1. The Balaban J connectivity index is 0.00000300. The van der Waals surface area contributed by atoms with E-state index in [1.54, 1.807) is 11.3 Å². The van der Waals surface area contributed by atoms with Crippen molar-refractivity contribution >= 4 is 47.0 Å². The van der Waals surface area contributed by atoms with Crippen molar-refractivity contribution in [1.29, 1.82) is 0 Å². The van der Waals surface area contributed by atoms with E-state index in [0.29, 0.717) is 25.4 Å². The van der Waals surface area contributed by atoms with Gasteiger partial charge in [-0.15, -0.1) is 48.5 Å². The summed E-state index contributed by atoms with van der Waals surface area (Å²) in [6.45, 7) is 3.49. The highest BCUT2D eigenvalue weighted by Gasteiger charge is 2.31. The number of benzene rings is 1. The zero-order chi connectivity index (χ0) is 20.0. The Morgan fingerprint density at radius 3 is 2.52 bits per heavy atom. The van der Waals surface area contributed by atoms with Gasteiger partial charge in [0.15, 0.2) is 5.96 Å². The van der Waals surface area contributed by atoms with Gasteiger partial charge in [-0.3, -0.25) is 9.89 Å². The van der Waals surface area contributed by atoms with E-state index < -0.39 is 6.36 Å². The lowest BCUT2D eigenvalue weighted by molar-refractivity contribution is -0.274. The molecule has 2 heterocycles. The van der Waals surface area contributed by atoms with Gasteiger partial charge in [0.2, 0.25) is 0 Å². The molecule has 0 saturated carbocycles. The second kappa shape index (κ2) is 11.0. The topological polar surface area (TPSA) is 72.1 Å². The highest BCUT2D eigenvalue weighted by molar-refractivity contribution is 14.0. The predicted octanol–water partition coefficient (Wildman–Crippen LogP) is 4.06. The van der Waals surface area contributed by atoms with E-state index in [1.807, 2.05) is 11.4 Å². The fourth-order valence-corrected chi connectivity index (χ4v) is 3.72. The number of anilines is 1. The largest absolute Gasteiger partial charge is 0.573 e. The lowest BCUT2D eigenvalue weighted by Crippen LogP contribution is -2.40. The maximum absolute atomic E-state index is 12.2. The van der Waals surface area contributed by atoms with Crippen LogP contribution >= 0.6 is 35.3 Å². The van der Waals surface area contributed by atoms with Gasteiger partial charge in [-0.25, -0.2) is 0 Å². The molecule has 0 bridgehead atoms. The molecule has 1 aromatic carbocycles. The normalized spacial score (nSPS) is 16.7. The Labute approximate surface area is 187 Å². The molecule has 6 nitrogen and oxygen atoms in total. The third-order valence-electron chi connectivity index (χ3n) is 4.15. The van der Waals surface area contributed by atoms with Crippen LogP contribution in [0.4, 0.5) is 18.9 Å². The standard InChI is InChI=1S/C18H21F3N4O2S.HI/c19-18(20,21)27-14-5-3-13(4-6-14)24-17(22)23-12-15(16-2-1-11-28-16)25-7-9-26-10-8-25;/h1-6,11,15H,7-10,12H2,(H3,22,23,24);1H. The number of thiophene rings is 1. The number of morpholine rings is 1. The fraction of sp³-hybridized carbons (Fsp3) is 0.389. The summed E-state index contributed by atoms with van der Waals surface area (Å²) in [6.07, 6.45) is -4.72. The van der Waals surface area contributed by atoms with Crippen LogP contribution in [0.15, 0.2) is 46.8 Å². The molecule has 3 rings (SSSR count). The third-order valence-corrected chi connectivity index (χ3v) is 5.13. The number of rotatable bonds is 6. The number of nitrogens with two attached hydrogens (primary N) is 1. The van der Waals surface area contributed by atoms with E-state index in [2.05, 4.69) is 26.0 Å². The van der Waals surface area contributed by atoms with Crippen LogP contribution in [0.5, 0.6) is 5.75 Å². The summed E-state index contributed by atoms with van der Waals surface area (Å²) in [5, 5.41) is 4.91. The summed E-state index contributed by atoms with van der Waals surface area (Å²) < 4.78 is 45.9. The van der Waals surface area contributed by atoms with Crippen molar-refractivity contribution < 1.29 is 22.6 Å². The SMILES string of the molecule is I.NC(=NCC(c1cccs1)N1CCOCC1)Nc1ccc(OC(F)(F)F)cc1. The number of guanidine groups is 1. The van der Waals surface area contributed by atoms with Crippen molar-refractivity contribution in [1.82, 2.24) is 4.90 Å². The van der Waals surface area contributed by atoms with Crippen molar-refractivity contribution in [2.75, 3.05) is 38.2 Å². The number of halogens is 4. The van der Waals surface area contributed by atoms with Crippen LogP contribution in [-0.2, 0) is 4.74 Å². The first-order valence-corrected chi connectivity index (χ1v) is 9.56. The lowest BCUT2D eigenvalue weighted by atomic mass is 10.2. The Morgan fingerprint density at radius 1 is 1.24 bits per heavy atom. The minimum absolute atomic E-state index is 0. The number of hydrogen-bond donors (Lipinski definition) is 2. The highest BCUT2D eigenvalue weighted by atomic mass is 127. The first kappa shape index (κ1) is 23.7. The van der Waals surface area contributed by atoms with Gasteiger partial charge in [0.1, 0.15) is 5.75 Å². The molecule has 1 atom stereocenters. The Kier molecular flexibility index (Phi) is 8.99. The average molecular weight is 542 g/mol. The molecule has 160 valence electrons. The maximum atomic E-state index is 12.2. The summed E-state index contributed by atoms with van der Waals surface area (Å²) >= 11 is 1.67. The third kappa shape index (κ3) is 7.64. The summed E-state index contributed by atoms with van der Waals surface area (Å²) in [4.78, 5) is 7.94. The fourth-order valence-electron chi connectivity index (χ4n) is 2.87. The van der Waals surface area contributed by atoms with Crippen LogP contribution in [0.25, 0.3) is 0 Å². The number of nitrogens with one attached hydrogen (secondary N) is 1. The van der Waals surface area contributed by atoms with E-state index in [-0.39, 0.29) is 41.7 Å². The lowest BCUT2D eigenvalue weighted by Gasteiger charge is -2.33. The van der Waals surface area contributed by atoms with Gasteiger partial charge in [0.05, 0.1) is 25.8 Å². The second-order valence-electron chi connectivity index (χ2n) is 6.10. The van der Waals surface area contributed by atoms with Crippen molar-refractivity contribution in [3.8, 4) is 5.75 Å². The minimum Gasteiger partial charge on any atom is -0.406 e. The zero-order valence-corrected chi connectivity index (χ0v) is 18.5. The molecule has 1 saturated heterocycles. The molecule has 1 aromatic heterocycles. The van der Waals surface area contributed by atoms with Gasteiger partial charge in [-0.05, 0) is 35.7 Å². The van der Waals surface area contributed by atoms with Crippen LogP contribution in [0.3, 0.4) is 0 Å². The molecule has 0 radical (unpaired) electrons. The number of ether oxygens (including phenoxy) is 2. The highest BCUT2D eigenvalue weighted by Crippen LogP contribution is 2.27. The van der Waals surface area contributed by atoms with Crippen LogP contribution < -0.4 is 15.8 Å². The van der Waals surface area contributed by atoms with Crippen LogP contribution in [0.2, 0.25) is 0 Å². The van der Waals surface area contributed by atoms with E-state index in [4.69, 9.17) is 10.5 Å². The quantitative estimate of drug-likeness (QED) is 0.328. The monoisotopic (exact) mass is 542 g/mol. The summed E-state index contributed by atoms with van der Waals surface area (Å²) in [5.41, 5.74) is 6.49. The molecule has 29 heavy (non-hydrogen) atoms. The van der Waals surface area contributed by atoms with Gasteiger partial charge in [-0.1, -0.05) is 6.07 Å². The first-order valence-electron chi connectivity index (χ1n) is 8.69. The van der Waals surface area contributed by atoms with Gasteiger partial charge in [0.25, 0.3) is 0 Å². The zero-order valence-electron chi connectivity index (χ0n) is 15.4. The predicted molar refractivity (Wildman–Crippen MR) is 118 cm³/mol. The van der Waals surface area contributed by atoms with Gasteiger partial charge < -0.3 is 20.5 Å². The van der Waals surface area contributed by atoms with Crippen LogP contribution in [-0.4, -0.2) is 50.1 Å². The maximum Gasteiger partial charge on any atom is 0.573 e. The molecule has 11 heteroatoms. The Hall–Kier alpha value is -1.57. The molecule has 0 spiro atoms. The molecule has 1 unspecified atom stereocenters. The molecule has 1 aliphatic heterocycles. The molecular formula is C18H22F3IN4O2S. The minimum atomic E-state index is -4.72. The number of alkyl halides is 3. The molecule has 0 amide bonds. The van der Waals surface area contributed by atoms with Crippen LogP contribution in [0.1, 0.15) is 10.9 Å². The van der Waals surface area contributed by atoms with Crippen LogP contribution in [0, 0.1) is 0 Å². The van der Waals surface area contributed by atoms with E-state index >= 15 is 0 Å². The average Bonchev–Trinajstić information content (AvgIpc) is 3.18. The Bertz CT molecular complexity index is 766. The van der Waals surface area contributed by atoms with Gasteiger partial charge in [0, 0.05) is 23.7 Å². The molecular weight excluding hydrogens is 520 g/mol. The first-order chi connectivity index (χ1) is 13.4. The molecule has 0 aliphatic carbocycles. The Morgan fingerprint density at radius 2 is 1.93 bits per heavy atom. The molecule has 1 aliphatic rings. The molecule has 2 aromatic rings. The number of hydrogen-bond acceptors (Lipinski definition) is 5. The summed E-state index contributed by atoms with van der Waals surface area (Å²) in [5.74, 6) is -0.0991. The van der Waals surface area contributed by atoms with Crippen molar-refractivity contribution in [2.45, 2.75) is 12.4 Å². The molecule has 3 N–H and O–H groups in total. The van der Waals surface area contributed by atoms with Crippen molar-refractivity contribution in [3.05, 3.63) is 46.7 Å². The second-order valence-corrected chi connectivity index (χ2v) is 7.08. The summed E-state index contributed by atoms with van der Waals surface area (Å²) in [6, 6.07) is 9.50. The van der Waals surface area contributed by atoms with E-state index in [9.17, 15) is 13.2 Å². The van der Waals surface area contributed by atoms with E-state index in [1.165, 1.54) is 29.1 Å². The van der Waals surface area contributed by atoms with Crippen molar-refractivity contribution in [2.24, 2.45) is 10.7 Å².